The van der Waals surface area contributed by atoms with E-state index in [1.165, 1.54) is 11.3 Å². The SMILES string of the molecule is CCc1cc(Br)ccc1OCC(=O)Nc1nc(-c2ccc(Br)cc2)cs1. The molecule has 2 aromatic carbocycles. The number of benzene rings is 2. The van der Waals surface area contributed by atoms with Gasteiger partial charge in [0.2, 0.25) is 0 Å². The minimum Gasteiger partial charge on any atom is -0.483 e. The lowest BCUT2D eigenvalue weighted by Crippen LogP contribution is -2.20. The van der Waals surface area contributed by atoms with Crippen LogP contribution >= 0.6 is 43.2 Å². The van der Waals surface area contributed by atoms with Crippen LogP contribution in [0, 0.1) is 0 Å². The van der Waals surface area contributed by atoms with Crippen molar-refractivity contribution in [1.82, 2.24) is 4.98 Å². The molecular weight excluding hydrogens is 480 g/mol. The van der Waals surface area contributed by atoms with Gasteiger partial charge in [-0.1, -0.05) is 50.9 Å². The zero-order chi connectivity index (χ0) is 18.5. The molecule has 134 valence electrons. The molecule has 0 atom stereocenters. The summed E-state index contributed by atoms with van der Waals surface area (Å²) in [6.45, 7) is 2.00. The van der Waals surface area contributed by atoms with Gasteiger partial charge in [0.05, 0.1) is 5.69 Å². The third-order valence-electron chi connectivity index (χ3n) is 3.65. The zero-order valence-electron chi connectivity index (χ0n) is 14.0. The molecule has 0 aliphatic heterocycles. The minimum atomic E-state index is -0.230. The molecular formula is C19H16Br2N2O2S. The van der Waals surface area contributed by atoms with Crippen LogP contribution in [0.3, 0.4) is 0 Å². The number of nitrogens with one attached hydrogen (secondary N) is 1. The smallest absolute Gasteiger partial charge is 0.264 e. The number of hydrogen-bond acceptors (Lipinski definition) is 4. The molecule has 0 aliphatic rings. The monoisotopic (exact) mass is 494 g/mol. The van der Waals surface area contributed by atoms with E-state index in [0.29, 0.717) is 5.13 Å². The van der Waals surface area contributed by atoms with Crippen molar-refractivity contribution >= 4 is 54.2 Å². The summed E-state index contributed by atoms with van der Waals surface area (Å²) < 4.78 is 7.67. The van der Waals surface area contributed by atoms with Crippen LogP contribution in [-0.2, 0) is 11.2 Å². The van der Waals surface area contributed by atoms with E-state index < -0.39 is 0 Å². The van der Waals surface area contributed by atoms with Crippen LogP contribution < -0.4 is 10.1 Å². The third-order valence-corrected chi connectivity index (χ3v) is 5.43. The van der Waals surface area contributed by atoms with Gasteiger partial charge in [0, 0.05) is 19.9 Å². The number of thiazole rings is 1. The van der Waals surface area contributed by atoms with E-state index in [0.717, 1.165) is 37.9 Å². The molecule has 0 fully saturated rings. The van der Waals surface area contributed by atoms with Gasteiger partial charge >= 0.3 is 0 Å². The van der Waals surface area contributed by atoms with E-state index >= 15 is 0 Å². The maximum absolute atomic E-state index is 12.2. The highest BCUT2D eigenvalue weighted by molar-refractivity contribution is 9.10. The second-order valence-electron chi connectivity index (χ2n) is 5.49. The topological polar surface area (TPSA) is 51.2 Å². The van der Waals surface area contributed by atoms with Gasteiger partial charge in [0.25, 0.3) is 5.91 Å². The van der Waals surface area contributed by atoms with Gasteiger partial charge in [0.15, 0.2) is 11.7 Å². The highest BCUT2D eigenvalue weighted by atomic mass is 79.9. The van der Waals surface area contributed by atoms with Gasteiger partial charge in [0.1, 0.15) is 5.75 Å². The molecule has 26 heavy (non-hydrogen) atoms. The maximum atomic E-state index is 12.2. The summed E-state index contributed by atoms with van der Waals surface area (Å²) >= 11 is 8.25. The molecule has 0 spiro atoms. The molecule has 4 nitrogen and oxygen atoms in total. The van der Waals surface area contributed by atoms with Crippen molar-refractivity contribution in [3.05, 3.63) is 62.4 Å². The maximum Gasteiger partial charge on any atom is 0.264 e. The Hall–Kier alpha value is -1.70. The van der Waals surface area contributed by atoms with Crippen molar-refractivity contribution in [3.63, 3.8) is 0 Å². The predicted octanol–water partition coefficient (Wildman–Crippen LogP) is 5.92. The molecule has 0 aliphatic carbocycles. The fourth-order valence-corrected chi connectivity index (χ4v) is 3.76. The Morgan fingerprint density at radius 3 is 2.62 bits per heavy atom. The number of carbonyl (C=O) groups is 1. The molecule has 1 heterocycles. The second-order valence-corrected chi connectivity index (χ2v) is 8.18. The fourth-order valence-electron chi connectivity index (χ4n) is 2.35. The van der Waals surface area contributed by atoms with E-state index in [9.17, 15) is 4.79 Å². The van der Waals surface area contributed by atoms with Gasteiger partial charge in [-0.15, -0.1) is 11.3 Å². The second kappa shape index (κ2) is 8.79. The quantitative estimate of drug-likeness (QED) is 0.462. The molecule has 1 aromatic heterocycles. The van der Waals surface area contributed by atoms with Crippen molar-refractivity contribution < 1.29 is 9.53 Å². The van der Waals surface area contributed by atoms with Crippen molar-refractivity contribution in [2.45, 2.75) is 13.3 Å². The number of nitrogens with zero attached hydrogens (tertiary/aromatic N) is 1. The summed E-state index contributed by atoms with van der Waals surface area (Å²) in [5.41, 5.74) is 2.89. The Balaban J connectivity index is 1.60. The van der Waals surface area contributed by atoms with Crippen LogP contribution in [0.5, 0.6) is 5.75 Å². The van der Waals surface area contributed by atoms with E-state index in [2.05, 4.69) is 42.2 Å². The minimum absolute atomic E-state index is 0.0537. The van der Waals surface area contributed by atoms with E-state index in [1.54, 1.807) is 0 Å². The Kier molecular flexibility index (Phi) is 6.45. The number of anilines is 1. The number of aryl methyl sites for hydroxylation is 1. The molecule has 1 N–H and O–H groups in total. The average Bonchev–Trinajstić information content (AvgIpc) is 3.09. The number of carbonyl (C=O) groups excluding carboxylic acids is 1. The van der Waals surface area contributed by atoms with Crippen LogP contribution in [0.4, 0.5) is 5.13 Å². The fraction of sp³-hybridized carbons (Fsp3) is 0.158. The Bertz CT molecular complexity index is 910. The van der Waals surface area contributed by atoms with Crippen LogP contribution in [0.2, 0.25) is 0 Å². The van der Waals surface area contributed by atoms with Crippen molar-refractivity contribution in [3.8, 4) is 17.0 Å². The normalized spacial score (nSPS) is 10.6. The first kappa shape index (κ1) is 19.1. The molecule has 0 radical (unpaired) electrons. The summed E-state index contributed by atoms with van der Waals surface area (Å²) in [6, 6.07) is 13.7. The summed E-state index contributed by atoms with van der Waals surface area (Å²) in [6.07, 6.45) is 0.833. The summed E-state index contributed by atoms with van der Waals surface area (Å²) in [5.74, 6) is 0.493. The lowest BCUT2D eigenvalue weighted by molar-refractivity contribution is -0.118. The number of ether oxygens (including phenoxy) is 1. The van der Waals surface area contributed by atoms with Crippen molar-refractivity contribution in [2.75, 3.05) is 11.9 Å². The first-order valence-corrected chi connectivity index (χ1v) is 10.4. The number of halogens is 2. The lowest BCUT2D eigenvalue weighted by Gasteiger charge is -2.10. The van der Waals surface area contributed by atoms with Gasteiger partial charge < -0.3 is 4.74 Å². The molecule has 0 unspecified atom stereocenters. The van der Waals surface area contributed by atoms with Crippen molar-refractivity contribution in [1.29, 1.82) is 0 Å². The zero-order valence-corrected chi connectivity index (χ0v) is 17.9. The van der Waals surface area contributed by atoms with Crippen LogP contribution in [0.1, 0.15) is 12.5 Å². The highest BCUT2D eigenvalue weighted by Crippen LogP contribution is 2.26. The molecule has 3 rings (SSSR count). The summed E-state index contributed by atoms with van der Waals surface area (Å²) in [5, 5.41) is 5.27. The first-order chi connectivity index (χ1) is 12.5. The first-order valence-electron chi connectivity index (χ1n) is 7.97. The van der Waals surface area contributed by atoms with E-state index in [-0.39, 0.29) is 12.5 Å². The molecule has 0 bridgehead atoms. The number of rotatable bonds is 6. The number of hydrogen-bond donors (Lipinski definition) is 1. The number of aromatic nitrogens is 1. The molecule has 7 heteroatoms. The Morgan fingerprint density at radius 1 is 1.15 bits per heavy atom. The van der Waals surface area contributed by atoms with Crippen LogP contribution in [0.25, 0.3) is 11.3 Å². The summed E-state index contributed by atoms with van der Waals surface area (Å²) in [4.78, 5) is 16.6. The molecule has 0 saturated carbocycles. The lowest BCUT2D eigenvalue weighted by atomic mass is 10.1. The molecule has 0 saturated heterocycles. The van der Waals surface area contributed by atoms with Crippen LogP contribution in [0.15, 0.2) is 56.8 Å². The van der Waals surface area contributed by atoms with Gasteiger partial charge in [-0.05, 0) is 42.3 Å². The summed E-state index contributed by atoms with van der Waals surface area (Å²) in [7, 11) is 0. The van der Waals surface area contributed by atoms with Gasteiger partial charge in [-0.25, -0.2) is 4.98 Å². The van der Waals surface area contributed by atoms with Crippen molar-refractivity contribution in [2.24, 2.45) is 0 Å². The standard InChI is InChI=1S/C19H16Br2N2O2S/c1-2-12-9-15(21)7-8-17(12)25-10-18(24)23-19-22-16(11-26-19)13-3-5-14(20)6-4-13/h3-9,11H,2,10H2,1H3,(H,22,23,24). The Morgan fingerprint density at radius 2 is 1.88 bits per heavy atom. The van der Waals surface area contributed by atoms with E-state index in [4.69, 9.17) is 4.74 Å². The largest absolute Gasteiger partial charge is 0.483 e. The third kappa shape index (κ3) is 4.93. The predicted molar refractivity (Wildman–Crippen MR) is 113 cm³/mol. The Labute approximate surface area is 172 Å². The molecule has 3 aromatic rings. The van der Waals surface area contributed by atoms with Crippen LogP contribution in [-0.4, -0.2) is 17.5 Å². The van der Waals surface area contributed by atoms with E-state index in [1.807, 2.05) is 54.8 Å². The molecule has 1 amide bonds. The van der Waals surface area contributed by atoms with Gasteiger partial charge in [-0.2, -0.15) is 0 Å². The number of amides is 1. The highest BCUT2D eigenvalue weighted by Gasteiger charge is 2.10. The average molecular weight is 496 g/mol. The van der Waals surface area contributed by atoms with Gasteiger partial charge in [-0.3, -0.25) is 10.1 Å².